The number of amides is 1. The van der Waals surface area contributed by atoms with Crippen molar-refractivity contribution in [3.05, 3.63) is 18.3 Å². The first-order valence-corrected chi connectivity index (χ1v) is 6.51. The van der Waals surface area contributed by atoms with Crippen molar-refractivity contribution in [2.45, 2.75) is 19.8 Å². The van der Waals surface area contributed by atoms with Gasteiger partial charge in [-0.25, -0.2) is 4.98 Å². The van der Waals surface area contributed by atoms with E-state index >= 15 is 0 Å². The van der Waals surface area contributed by atoms with Crippen molar-refractivity contribution in [2.24, 2.45) is 0 Å². The molecule has 98 valence electrons. The molecule has 0 aliphatic carbocycles. The van der Waals surface area contributed by atoms with Crippen molar-refractivity contribution >= 4 is 17.4 Å². The molecule has 0 radical (unpaired) electrons. The van der Waals surface area contributed by atoms with Gasteiger partial charge < -0.3 is 15.5 Å². The van der Waals surface area contributed by atoms with Crippen molar-refractivity contribution in [1.82, 2.24) is 9.88 Å². The summed E-state index contributed by atoms with van der Waals surface area (Å²) >= 11 is 0. The molecule has 1 aliphatic heterocycles. The van der Waals surface area contributed by atoms with Crippen LogP contribution in [0.25, 0.3) is 0 Å². The minimum Gasteiger partial charge on any atom is -0.376 e. The van der Waals surface area contributed by atoms with E-state index in [4.69, 9.17) is 0 Å². The molecule has 5 heteroatoms. The van der Waals surface area contributed by atoms with Gasteiger partial charge in [-0.3, -0.25) is 4.79 Å². The van der Waals surface area contributed by atoms with Gasteiger partial charge in [-0.2, -0.15) is 0 Å². The second kappa shape index (κ2) is 6.23. The van der Waals surface area contributed by atoms with Crippen molar-refractivity contribution in [3.63, 3.8) is 0 Å². The number of rotatable bonds is 5. The van der Waals surface area contributed by atoms with Crippen LogP contribution >= 0.6 is 0 Å². The van der Waals surface area contributed by atoms with E-state index in [9.17, 15) is 4.79 Å². The Hall–Kier alpha value is -1.78. The Morgan fingerprint density at radius 3 is 2.89 bits per heavy atom. The summed E-state index contributed by atoms with van der Waals surface area (Å²) in [6.07, 6.45) is 4.00. The molecule has 0 saturated carbocycles. The van der Waals surface area contributed by atoms with E-state index in [-0.39, 0.29) is 5.91 Å². The second-order valence-electron chi connectivity index (χ2n) is 4.40. The van der Waals surface area contributed by atoms with Gasteiger partial charge >= 0.3 is 0 Å². The van der Waals surface area contributed by atoms with E-state index in [1.54, 1.807) is 6.20 Å². The molecule has 1 aliphatic rings. The molecule has 2 N–H and O–H groups in total. The molecule has 0 unspecified atom stereocenters. The predicted molar refractivity (Wildman–Crippen MR) is 72.7 cm³/mol. The lowest BCUT2D eigenvalue weighted by Gasteiger charge is -2.16. The molecule has 5 nitrogen and oxygen atoms in total. The van der Waals surface area contributed by atoms with Crippen LogP contribution in [0.4, 0.5) is 11.5 Å². The van der Waals surface area contributed by atoms with E-state index in [0.29, 0.717) is 6.54 Å². The smallest absolute Gasteiger partial charge is 0.241 e. The van der Waals surface area contributed by atoms with Crippen LogP contribution in [0, 0.1) is 0 Å². The van der Waals surface area contributed by atoms with Crippen molar-refractivity contribution < 1.29 is 4.79 Å². The van der Waals surface area contributed by atoms with Crippen LogP contribution < -0.4 is 10.6 Å². The highest BCUT2D eigenvalue weighted by Crippen LogP contribution is 2.12. The fraction of sp³-hybridized carbons (Fsp3) is 0.538. The molecule has 0 atom stereocenters. The molecular weight excluding hydrogens is 228 g/mol. The normalized spacial score (nSPS) is 14.6. The van der Waals surface area contributed by atoms with Crippen molar-refractivity contribution in [3.8, 4) is 0 Å². The number of hydrogen-bond acceptors (Lipinski definition) is 4. The van der Waals surface area contributed by atoms with Gasteiger partial charge in [-0.1, -0.05) is 0 Å². The van der Waals surface area contributed by atoms with Crippen LogP contribution in [0.5, 0.6) is 0 Å². The van der Waals surface area contributed by atoms with Gasteiger partial charge in [0.15, 0.2) is 0 Å². The zero-order chi connectivity index (χ0) is 12.8. The molecule has 0 aromatic carbocycles. The van der Waals surface area contributed by atoms with Gasteiger partial charge in [0.2, 0.25) is 5.91 Å². The van der Waals surface area contributed by atoms with E-state index in [1.165, 1.54) is 0 Å². The average molecular weight is 248 g/mol. The lowest BCUT2D eigenvalue weighted by Crippen LogP contribution is -2.32. The number of anilines is 2. The third-order valence-corrected chi connectivity index (χ3v) is 3.02. The molecule has 1 amide bonds. The minimum absolute atomic E-state index is 0.175. The average Bonchev–Trinajstić information content (AvgIpc) is 2.91. The summed E-state index contributed by atoms with van der Waals surface area (Å²) < 4.78 is 0. The quantitative estimate of drug-likeness (QED) is 0.830. The monoisotopic (exact) mass is 248 g/mol. The third-order valence-electron chi connectivity index (χ3n) is 3.02. The molecule has 2 heterocycles. The largest absolute Gasteiger partial charge is 0.376 e. The molecule has 2 rings (SSSR count). The fourth-order valence-electron chi connectivity index (χ4n) is 2.07. The highest BCUT2D eigenvalue weighted by molar-refractivity contribution is 5.81. The van der Waals surface area contributed by atoms with Crippen molar-refractivity contribution in [2.75, 3.05) is 36.8 Å². The molecule has 18 heavy (non-hydrogen) atoms. The van der Waals surface area contributed by atoms with Crippen LogP contribution in [-0.4, -0.2) is 42.0 Å². The summed E-state index contributed by atoms with van der Waals surface area (Å²) in [5.41, 5.74) is 0.925. The minimum atomic E-state index is 0.175. The Bertz CT molecular complexity index is 402. The van der Waals surface area contributed by atoms with Crippen molar-refractivity contribution in [1.29, 1.82) is 0 Å². The zero-order valence-corrected chi connectivity index (χ0v) is 10.8. The zero-order valence-electron chi connectivity index (χ0n) is 10.8. The number of hydrogen-bond donors (Lipinski definition) is 2. The lowest BCUT2D eigenvalue weighted by molar-refractivity contribution is -0.128. The van der Waals surface area contributed by atoms with E-state index in [0.717, 1.165) is 44.0 Å². The van der Waals surface area contributed by atoms with Crippen LogP contribution in [0.3, 0.4) is 0 Å². The molecule has 1 aromatic rings. The molecule has 0 bridgehead atoms. The fourth-order valence-corrected chi connectivity index (χ4v) is 2.07. The van der Waals surface area contributed by atoms with Crippen LogP contribution in [-0.2, 0) is 4.79 Å². The van der Waals surface area contributed by atoms with Gasteiger partial charge in [0.25, 0.3) is 0 Å². The molecular formula is C13H20N4O. The molecule has 0 spiro atoms. The summed E-state index contributed by atoms with van der Waals surface area (Å²) in [6, 6.07) is 3.79. The number of nitrogens with zero attached hydrogens (tertiary/aromatic N) is 2. The number of pyridine rings is 1. The maximum absolute atomic E-state index is 11.9. The van der Waals surface area contributed by atoms with Crippen LogP contribution in [0.15, 0.2) is 18.3 Å². The van der Waals surface area contributed by atoms with E-state index in [1.807, 2.05) is 24.0 Å². The maximum Gasteiger partial charge on any atom is 0.241 e. The SMILES string of the molecule is CCNc1cc(NCC(=O)N2CCCC2)ccn1. The Morgan fingerprint density at radius 2 is 2.17 bits per heavy atom. The number of likely N-dealkylation sites (tertiary alicyclic amines) is 1. The summed E-state index contributed by atoms with van der Waals surface area (Å²) in [4.78, 5) is 18.0. The van der Waals surface area contributed by atoms with E-state index in [2.05, 4.69) is 15.6 Å². The Morgan fingerprint density at radius 1 is 1.39 bits per heavy atom. The predicted octanol–water partition coefficient (Wildman–Crippen LogP) is 1.55. The second-order valence-corrected chi connectivity index (χ2v) is 4.40. The van der Waals surface area contributed by atoms with Gasteiger partial charge in [0.05, 0.1) is 6.54 Å². The first-order chi connectivity index (χ1) is 8.79. The highest BCUT2D eigenvalue weighted by atomic mass is 16.2. The van der Waals surface area contributed by atoms with Gasteiger partial charge in [0.1, 0.15) is 5.82 Å². The van der Waals surface area contributed by atoms with Gasteiger partial charge in [-0.15, -0.1) is 0 Å². The number of carbonyl (C=O) groups excluding carboxylic acids is 1. The van der Waals surface area contributed by atoms with Gasteiger partial charge in [-0.05, 0) is 25.8 Å². The standard InChI is InChI=1S/C13H20N4O/c1-2-14-12-9-11(5-6-15-12)16-10-13(18)17-7-3-4-8-17/h5-6,9H,2-4,7-8,10H2,1H3,(H2,14,15,16). The first-order valence-electron chi connectivity index (χ1n) is 6.51. The Balaban J connectivity index is 1.85. The number of nitrogens with one attached hydrogen (secondary N) is 2. The number of carbonyl (C=O) groups is 1. The third kappa shape index (κ3) is 3.35. The Kier molecular flexibility index (Phi) is 4.39. The van der Waals surface area contributed by atoms with Crippen LogP contribution in [0.1, 0.15) is 19.8 Å². The van der Waals surface area contributed by atoms with E-state index < -0.39 is 0 Å². The molecule has 1 saturated heterocycles. The molecule has 1 aromatic heterocycles. The van der Waals surface area contributed by atoms with Gasteiger partial charge in [0, 0.05) is 37.6 Å². The summed E-state index contributed by atoms with van der Waals surface area (Å²) in [7, 11) is 0. The molecule has 1 fully saturated rings. The summed E-state index contributed by atoms with van der Waals surface area (Å²) in [6.45, 7) is 5.02. The summed E-state index contributed by atoms with van der Waals surface area (Å²) in [5.74, 6) is 1.01. The highest BCUT2D eigenvalue weighted by Gasteiger charge is 2.17. The number of aromatic nitrogens is 1. The maximum atomic E-state index is 11.9. The topological polar surface area (TPSA) is 57.3 Å². The first kappa shape index (κ1) is 12.7. The van der Waals surface area contributed by atoms with Crippen LogP contribution in [0.2, 0.25) is 0 Å². The lowest BCUT2D eigenvalue weighted by atomic mass is 10.3. The Labute approximate surface area is 108 Å². The summed E-state index contributed by atoms with van der Waals surface area (Å²) in [5, 5.41) is 6.29.